The lowest BCUT2D eigenvalue weighted by atomic mass is 9.90. The highest BCUT2D eigenvalue weighted by molar-refractivity contribution is 7.87. The van der Waals surface area contributed by atoms with Crippen molar-refractivity contribution in [2.75, 3.05) is 32.5 Å². The second-order valence-electron chi connectivity index (χ2n) is 9.40. The van der Waals surface area contributed by atoms with E-state index in [0.717, 1.165) is 53.7 Å². The second-order valence-corrected chi connectivity index (χ2v) is 12.2. The Balaban J connectivity index is 1.35. The van der Waals surface area contributed by atoms with Crippen LogP contribution in [0, 0.1) is 5.92 Å². The van der Waals surface area contributed by atoms with Gasteiger partial charge in [0.15, 0.2) is 0 Å². The summed E-state index contributed by atoms with van der Waals surface area (Å²) >= 11 is 1.68. The molecule has 0 atom stereocenters. The van der Waals surface area contributed by atoms with Crippen LogP contribution < -0.4 is 10.0 Å². The van der Waals surface area contributed by atoms with E-state index in [1.807, 2.05) is 0 Å². The summed E-state index contributed by atoms with van der Waals surface area (Å²) in [6.45, 7) is 1.47. The van der Waals surface area contributed by atoms with Crippen LogP contribution in [0.4, 0.5) is 5.82 Å². The molecule has 2 N–H and O–H groups in total. The van der Waals surface area contributed by atoms with Crippen molar-refractivity contribution in [3.63, 3.8) is 0 Å². The zero-order valence-electron chi connectivity index (χ0n) is 18.3. The largest absolute Gasteiger partial charge is 0.367 e. The molecule has 0 radical (unpaired) electrons. The summed E-state index contributed by atoms with van der Waals surface area (Å²) in [5.74, 6) is 1.38. The van der Waals surface area contributed by atoms with E-state index in [9.17, 15) is 8.42 Å². The van der Waals surface area contributed by atoms with Crippen LogP contribution in [0.25, 0.3) is 10.2 Å². The summed E-state index contributed by atoms with van der Waals surface area (Å²) in [7, 11) is 0.852. The number of nitrogens with one attached hydrogen (secondary N) is 2. The summed E-state index contributed by atoms with van der Waals surface area (Å²) in [6, 6.07) is 1.05. The van der Waals surface area contributed by atoms with Crippen molar-refractivity contribution < 1.29 is 8.42 Å². The van der Waals surface area contributed by atoms with Gasteiger partial charge in [0, 0.05) is 36.6 Å². The number of rotatable bonds is 7. The van der Waals surface area contributed by atoms with Gasteiger partial charge in [-0.2, -0.15) is 12.7 Å². The van der Waals surface area contributed by atoms with Crippen molar-refractivity contribution in [1.29, 1.82) is 0 Å². The van der Waals surface area contributed by atoms with Crippen molar-refractivity contribution in [1.82, 2.24) is 23.9 Å². The fraction of sp³-hybridized carbons (Fsp3) is 0.714. The van der Waals surface area contributed by atoms with E-state index in [4.69, 9.17) is 0 Å². The first-order valence-corrected chi connectivity index (χ1v) is 13.6. The van der Waals surface area contributed by atoms with Gasteiger partial charge in [-0.1, -0.05) is 0 Å². The van der Waals surface area contributed by atoms with E-state index in [-0.39, 0.29) is 0 Å². The Bertz CT molecular complexity index is 1040. The monoisotopic (exact) mass is 464 g/mol. The number of nitrogens with zero attached hydrogens (tertiary/aromatic N) is 4. The summed E-state index contributed by atoms with van der Waals surface area (Å²) < 4.78 is 30.1. The van der Waals surface area contributed by atoms with Crippen LogP contribution in [0.15, 0.2) is 6.33 Å². The quantitative estimate of drug-likeness (QED) is 0.655. The Hall–Kier alpha value is -1.33. The van der Waals surface area contributed by atoms with Crippen LogP contribution in [0.3, 0.4) is 0 Å². The highest BCUT2D eigenvalue weighted by Crippen LogP contribution is 2.38. The Kier molecular flexibility index (Phi) is 5.93. The Morgan fingerprint density at radius 2 is 1.94 bits per heavy atom. The molecule has 2 aromatic heterocycles. The molecule has 0 bridgehead atoms. The standard InChI is InChI=1S/C21H32N6O2S2/c1-26(2)16-7-5-15(6-8-16)25-20-19-17-12-27(31(28,29)24-11-14-3-4-14)10-9-18(17)30-21(19)23-13-22-20/h13-16,24H,3-12H2,1-2H3,(H,22,23,25). The normalized spacial score (nSPS) is 25.1. The third-order valence-electron chi connectivity index (χ3n) is 6.95. The molecule has 5 rings (SSSR count). The van der Waals surface area contributed by atoms with Crippen LogP contribution in [-0.2, 0) is 23.2 Å². The number of hydrogen-bond acceptors (Lipinski definition) is 7. The Morgan fingerprint density at radius 1 is 1.16 bits per heavy atom. The molecule has 0 spiro atoms. The van der Waals surface area contributed by atoms with Gasteiger partial charge in [-0.15, -0.1) is 11.3 Å². The van der Waals surface area contributed by atoms with Crippen molar-refractivity contribution in [3.05, 3.63) is 16.8 Å². The predicted molar refractivity (Wildman–Crippen MR) is 125 cm³/mol. The van der Waals surface area contributed by atoms with Crippen molar-refractivity contribution in [2.24, 2.45) is 5.92 Å². The van der Waals surface area contributed by atoms with Crippen molar-refractivity contribution >= 4 is 37.6 Å². The summed E-state index contributed by atoms with van der Waals surface area (Å²) in [5, 5.41) is 4.69. The molecule has 3 heterocycles. The van der Waals surface area contributed by atoms with E-state index in [1.54, 1.807) is 22.0 Å². The predicted octanol–water partition coefficient (Wildman–Crippen LogP) is 2.58. The lowest BCUT2D eigenvalue weighted by Gasteiger charge is -2.33. The molecular weight excluding hydrogens is 432 g/mol. The van der Waals surface area contributed by atoms with E-state index in [2.05, 4.69) is 39.0 Å². The first-order chi connectivity index (χ1) is 14.9. The molecular formula is C21H32N6O2S2. The minimum absolute atomic E-state index is 0.394. The Labute approximate surface area is 188 Å². The van der Waals surface area contributed by atoms with Gasteiger partial charge in [-0.3, -0.25) is 0 Å². The first kappa shape index (κ1) is 21.5. The van der Waals surface area contributed by atoms with E-state index < -0.39 is 10.2 Å². The van der Waals surface area contributed by atoms with Gasteiger partial charge in [0.25, 0.3) is 10.2 Å². The molecule has 2 saturated carbocycles. The molecule has 0 saturated heterocycles. The van der Waals surface area contributed by atoms with Gasteiger partial charge in [0.2, 0.25) is 0 Å². The fourth-order valence-electron chi connectivity index (χ4n) is 4.77. The highest BCUT2D eigenvalue weighted by atomic mass is 32.2. The van der Waals surface area contributed by atoms with Gasteiger partial charge < -0.3 is 10.2 Å². The highest BCUT2D eigenvalue weighted by Gasteiger charge is 2.32. The molecule has 170 valence electrons. The van der Waals surface area contributed by atoms with Crippen molar-refractivity contribution in [3.8, 4) is 0 Å². The van der Waals surface area contributed by atoms with Crippen LogP contribution in [0.5, 0.6) is 0 Å². The zero-order chi connectivity index (χ0) is 21.6. The first-order valence-electron chi connectivity index (χ1n) is 11.3. The van der Waals surface area contributed by atoms with Crippen LogP contribution >= 0.6 is 11.3 Å². The van der Waals surface area contributed by atoms with Gasteiger partial charge in [0.05, 0.1) is 5.39 Å². The van der Waals surface area contributed by atoms with E-state index in [0.29, 0.717) is 37.6 Å². The maximum absolute atomic E-state index is 12.8. The smallest absolute Gasteiger partial charge is 0.279 e. The lowest BCUT2D eigenvalue weighted by Crippen LogP contribution is -2.43. The van der Waals surface area contributed by atoms with Crippen molar-refractivity contribution in [2.45, 2.75) is 63.6 Å². The number of fused-ring (bicyclic) bond motifs is 3. The van der Waals surface area contributed by atoms with Gasteiger partial charge in [0.1, 0.15) is 17.0 Å². The molecule has 3 aliphatic rings. The summed E-state index contributed by atoms with van der Waals surface area (Å²) in [4.78, 5) is 13.6. The van der Waals surface area contributed by atoms with Gasteiger partial charge in [-0.05, 0) is 70.5 Å². The molecule has 0 aromatic carbocycles. The molecule has 8 nitrogen and oxygen atoms in total. The number of anilines is 1. The van der Waals surface area contributed by atoms with Gasteiger partial charge in [-0.25, -0.2) is 14.7 Å². The maximum atomic E-state index is 12.8. The summed E-state index contributed by atoms with van der Waals surface area (Å²) in [6.07, 6.45) is 9.21. The molecule has 2 fully saturated rings. The second kappa shape index (κ2) is 8.55. The minimum atomic E-state index is -3.46. The van der Waals surface area contributed by atoms with Crippen LogP contribution in [0.2, 0.25) is 0 Å². The average molecular weight is 465 g/mol. The SMILES string of the molecule is CN(C)C1CCC(Nc2ncnc3sc4c(c23)CN(S(=O)(=O)NCC2CC2)CC4)CC1. The molecule has 31 heavy (non-hydrogen) atoms. The number of aromatic nitrogens is 2. The average Bonchev–Trinajstić information content (AvgIpc) is 3.51. The number of hydrogen-bond donors (Lipinski definition) is 2. The number of thiophene rings is 1. The third-order valence-corrected chi connectivity index (χ3v) is 9.68. The maximum Gasteiger partial charge on any atom is 0.279 e. The van der Waals surface area contributed by atoms with E-state index in [1.165, 1.54) is 17.7 Å². The molecule has 2 aromatic rings. The lowest BCUT2D eigenvalue weighted by molar-refractivity contribution is 0.221. The molecule has 0 unspecified atom stereocenters. The molecule has 2 aliphatic carbocycles. The minimum Gasteiger partial charge on any atom is -0.367 e. The van der Waals surface area contributed by atoms with Crippen LogP contribution in [0.1, 0.15) is 49.0 Å². The van der Waals surface area contributed by atoms with Gasteiger partial charge >= 0.3 is 0 Å². The molecule has 1 aliphatic heterocycles. The topological polar surface area (TPSA) is 90.5 Å². The van der Waals surface area contributed by atoms with E-state index >= 15 is 0 Å². The third kappa shape index (κ3) is 4.59. The van der Waals surface area contributed by atoms with Crippen LogP contribution in [-0.4, -0.2) is 66.9 Å². The molecule has 0 amide bonds. The summed E-state index contributed by atoms with van der Waals surface area (Å²) in [5.41, 5.74) is 1.08. The zero-order valence-corrected chi connectivity index (χ0v) is 19.9. The Morgan fingerprint density at radius 3 is 2.65 bits per heavy atom. The molecule has 10 heteroatoms. The fourth-order valence-corrected chi connectivity index (χ4v) is 7.17.